The molecule has 0 aliphatic carbocycles. The van der Waals surface area contributed by atoms with Gasteiger partial charge in [-0.05, 0) is 34.5 Å². The summed E-state index contributed by atoms with van der Waals surface area (Å²) in [5.74, 6) is -1.15. The fraction of sp³-hybridized carbons (Fsp3) is 0.368. The molecule has 0 atom stereocenters. The lowest BCUT2D eigenvalue weighted by molar-refractivity contribution is -0.139. The number of hydrogen-bond donors (Lipinski definition) is 2. The first kappa shape index (κ1) is 18.4. The normalized spacial score (nSPS) is 14.8. The SMILES string of the molecule is O=C(NCCN1CCN(c2ccccc2)CC1)C(=O)NCc1ccsc1. The van der Waals surface area contributed by atoms with E-state index >= 15 is 0 Å². The molecule has 1 aliphatic heterocycles. The van der Waals surface area contributed by atoms with Crippen molar-refractivity contribution in [2.45, 2.75) is 6.54 Å². The van der Waals surface area contributed by atoms with Crippen LogP contribution in [0.2, 0.25) is 0 Å². The number of benzene rings is 1. The lowest BCUT2D eigenvalue weighted by Gasteiger charge is -2.36. The second-order valence-electron chi connectivity index (χ2n) is 6.23. The molecule has 138 valence electrons. The molecule has 2 heterocycles. The van der Waals surface area contributed by atoms with Crippen LogP contribution in [0.3, 0.4) is 0 Å². The summed E-state index contributed by atoms with van der Waals surface area (Å²) in [5.41, 5.74) is 2.26. The number of amides is 2. The molecule has 1 aliphatic rings. The Morgan fingerprint density at radius 3 is 2.38 bits per heavy atom. The number of para-hydroxylation sites is 1. The first-order valence-corrected chi connectivity index (χ1v) is 9.76. The predicted octanol–water partition coefficient (Wildman–Crippen LogP) is 1.30. The highest BCUT2D eigenvalue weighted by molar-refractivity contribution is 7.07. The summed E-state index contributed by atoms with van der Waals surface area (Å²) in [6, 6.07) is 12.3. The minimum absolute atomic E-state index is 0.386. The molecule has 3 rings (SSSR count). The Kier molecular flexibility index (Phi) is 6.62. The molecular weight excluding hydrogens is 348 g/mol. The summed E-state index contributed by atoms with van der Waals surface area (Å²) < 4.78 is 0. The Morgan fingerprint density at radius 1 is 0.962 bits per heavy atom. The van der Waals surface area contributed by atoms with Crippen molar-refractivity contribution in [3.05, 3.63) is 52.7 Å². The van der Waals surface area contributed by atoms with Gasteiger partial charge in [-0.3, -0.25) is 14.5 Å². The summed E-state index contributed by atoms with van der Waals surface area (Å²) in [7, 11) is 0. The van der Waals surface area contributed by atoms with Crippen LogP contribution < -0.4 is 15.5 Å². The summed E-state index contributed by atoms with van der Waals surface area (Å²) in [6.07, 6.45) is 0. The molecular formula is C19H24N4O2S. The summed E-state index contributed by atoms with van der Waals surface area (Å²) >= 11 is 1.57. The molecule has 1 fully saturated rings. The van der Waals surface area contributed by atoms with Crippen LogP contribution in [0.5, 0.6) is 0 Å². The average molecular weight is 372 g/mol. The number of carbonyl (C=O) groups excluding carboxylic acids is 2. The van der Waals surface area contributed by atoms with Gasteiger partial charge >= 0.3 is 11.8 Å². The molecule has 0 saturated carbocycles. The van der Waals surface area contributed by atoms with Gasteiger partial charge in [0.1, 0.15) is 0 Å². The van der Waals surface area contributed by atoms with Crippen molar-refractivity contribution in [2.75, 3.05) is 44.2 Å². The minimum atomic E-state index is -0.579. The predicted molar refractivity (Wildman–Crippen MR) is 104 cm³/mol. The molecule has 0 radical (unpaired) electrons. The van der Waals surface area contributed by atoms with Crippen molar-refractivity contribution in [3.63, 3.8) is 0 Å². The molecule has 2 N–H and O–H groups in total. The second kappa shape index (κ2) is 9.35. The quantitative estimate of drug-likeness (QED) is 0.751. The second-order valence-corrected chi connectivity index (χ2v) is 7.01. The van der Waals surface area contributed by atoms with Gasteiger partial charge in [-0.2, -0.15) is 11.3 Å². The molecule has 1 aromatic heterocycles. The van der Waals surface area contributed by atoms with Gasteiger partial charge in [-0.1, -0.05) is 18.2 Å². The van der Waals surface area contributed by atoms with Gasteiger partial charge < -0.3 is 15.5 Å². The van der Waals surface area contributed by atoms with Gasteiger partial charge in [0, 0.05) is 51.5 Å². The molecule has 2 aromatic rings. The fourth-order valence-corrected chi connectivity index (χ4v) is 3.60. The number of nitrogens with one attached hydrogen (secondary N) is 2. The summed E-state index contributed by atoms with van der Waals surface area (Å²) in [4.78, 5) is 28.3. The Balaban J connectivity index is 1.31. The molecule has 7 heteroatoms. The van der Waals surface area contributed by atoms with E-state index in [0.29, 0.717) is 13.1 Å². The standard InChI is InChI=1S/C19H24N4O2S/c24-18(19(25)21-14-16-6-13-26-15-16)20-7-8-22-9-11-23(12-10-22)17-4-2-1-3-5-17/h1-6,13,15H,7-12,14H2,(H,20,24)(H,21,25). The number of carbonyl (C=O) groups is 2. The number of thiophene rings is 1. The molecule has 6 nitrogen and oxygen atoms in total. The summed E-state index contributed by atoms with van der Waals surface area (Å²) in [5, 5.41) is 9.23. The van der Waals surface area contributed by atoms with Crippen LogP contribution in [0.4, 0.5) is 5.69 Å². The maximum absolute atomic E-state index is 11.8. The van der Waals surface area contributed by atoms with Crippen LogP contribution in [-0.2, 0) is 16.1 Å². The Labute approximate surface area is 157 Å². The minimum Gasteiger partial charge on any atom is -0.369 e. The van der Waals surface area contributed by atoms with E-state index in [1.165, 1.54) is 5.69 Å². The molecule has 1 aromatic carbocycles. The van der Waals surface area contributed by atoms with E-state index in [2.05, 4.69) is 44.7 Å². The van der Waals surface area contributed by atoms with Crippen LogP contribution in [0.1, 0.15) is 5.56 Å². The largest absolute Gasteiger partial charge is 0.369 e. The van der Waals surface area contributed by atoms with Gasteiger partial charge in [0.05, 0.1) is 0 Å². The lowest BCUT2D eigenvalue weighted by atomic mass is 10.2. The van der Waals surface area contributed by atoms with Crippen molar-refractivity contribution in [3.8, 4) is 0 Å². The van der Waals surface area contributed by atoms with E-state index in [9.17, 15) is 9.59 Å². The zero-order chi connectivity index (χ0) is 18.2. The number of anilines is 1. The number of rotatable bonds is 6. The van der Waals surface area contributed by atoms with Gasteiger partial charge in [-0.25, -0.2) is 0 Å². The van der Waals surface area contributed by atoms with Crippen molar-refractivity contribution in [1.29, 1.82) is 0 Å². The van der Waals surface area contributed by atoms with E-state index in [4.69, 9.17) is 0 Å². The maximum atomic E-state index is 11.8. The Hall–Kier alpha value is -2.38. The molecule has 26 heavy (non-hydrogen) atoms. The van der Waals surface area contributed by atoms with Crippen LogP contribution in [0.15, 0.2) is 47.2 Å². The fourth-order valence-electron chi connectivity index (χ4n) is 2.93. The van der Waals surface area contributed by atoms with Crippen molar-refractivity contribution >= 4 is 28.8 Å². The van der Waals surface area contributed by atoms with Crippen molar-refractivity contribution in [1.82, 2.24) is 15.5 Å². The molecule has 0 bridgehead atoms. The van der Waals surface area contributed by atoms with Gasteiger partial charge in [0.25, 0.3) is 0 Å². The highest BCUT2D eigenvalue weighted by Gasteiger charge is 2.18. The third-order valence-corrected chi connectivity index (χ3v) is 5.18. The van der Waals surface area contributed by atoms with E-state index in [0.717, 1.165) is 38.3 Å². The smallest absolute Gasteiger partial charge is 0.309 e. The van der Waals surface area contributed by atoms with E-state index in [1.807, 2.05) is 22.9 Å². The van der Waals surface area contributed by atoms with E-state index in [-0.39, 0.29) is 0 Å². The number of piperazine rings is 1. The first-order valence-electron chi connectivity index (χ1n) is 8.82. The van der Waals surface area contributed by atoms with Crippen LogP contribution in [0.25, 0.3) is 0 Å². The third kappa shape index (κ3) is 5.31. The molecule has 0 unspecified atom stereocenters. The zero-order valence-electron chi connectivity index (χ0n) is 14.7. The Morgan fingerprint density at radius 2 is 1.69 bits per heavy atom. The van der Waals surface area contributed by atoms with Crippen LogP contribution >= 0.6 is 11.3 Å². The monoisotopic (exact) mass is 372 g/mol. The molecule has 0 spiro atoms. The molecule has 1 saturated heterocycles. The maximum Gasteiger partial charge on any atom is 0.309 e. The molecule has 2 amide bonds. The van der Waals surface area contributed by atoms with Crippen molar-refractivity contribution in [2.24, 2.45) is 0 Å². The van der Waals surface area contributed by atoms with Gasteiger partial charge in [0.15, 0.2) is 0 Å². The van der Waals surface area contributed by atoms with Gasteiger partial charge in [0.2, 0.25) is 0 Å². The topological polar surface area (TPSA) is 64.7 Å². The number of nitrogens with zero attached hydrogens (tertiary/aromatic N) is 2. The van der Waals surface area contributed by atoms with Crippen LogP contribution in [-0.4, -0.2) is 56.0 Å². The van der Waals surface area contributed by atoms with E-state index < -0.39 is 11.8 Å². The highest BCUT2D eigenvalue weighted by atomic mass is 32.1. The van der Waals surface area contributed by atoms with Crippen LogP contribution in [0, 0.1) is 0 Å². The lowest BCUT2D eigenvalue weighted by Crippen LogP contribution is -2.49. The number of hydrogen-bond acceptors (Lipinski definition) is 5. The average Bonchev–Trinajstić information content (AvgIpc) is 3.21. The first-order chi connectivity index (χ1) is 12.7. The zero-order valence-corrected chi connectivity index (χ0v) is 15.5. The highest BCUT2D eigenvalue weighted by Crippen LogP contribution is 2.15. The van der Waals surface area contributed by atoms with Gasteiger partial charge in [-0.15, -0.1) is 0 Å². The van der Waals surface area contributed by atoms with E-state index in [1.54, 1.807) is 11.3 Å². The third-order valence-electron chi connectivity index (χ3n) is 4.45. The van der Waals surface area contributed by atoms with Crippen molar-refractivity contribution < 1.29 is 9.59 Å². The summed E-state index contributed by atoms with van der Waals surface area (Å²) in [6.45, 7) is 5.47. The Bertz CT molecular complexity index is 698.